The first kappa shape index (κ1) is 62.6. The van der Waals surface area contributed by atoms with Gasteiger partial charge in [0, 0.05) is 12.5 Å². The van der Waals surface area contributed by atoms with Crippen LogP contribution in [0.25, 0.3) is 0 Å². The molecule has 0 spiro atoms. The van der Waals surface area contributed by atoms with Gasteiger partial charge in [0.1, 0.15) is 0 Å². The number of hydrogen-bond acceptors (Lipinski definition) is 7. The number of benzene rings is 1. The number of ether oxygens (including phenoxy) is 1. The van der Waals surface area contributed by atoms with Crippen LogP contribution in [0.15, 0.2) is 16.1 Å². The maximum Gasteiger partial charge on any atom is 0.460 e. The lowest BCUT2D eigenvalue weighted by Crippen LogP contribution is -2.79. The molecule has 70 heavy (non-hydrogen) atoms. The van der Waals surface area contributed by atoms with Crippen LogP contribution >= 0.6 is 0 Å². The summed E-state index contributed by atoms with van der Waals surface area (Å²) < 4.78 is 470. The van der Waals surface area contributed by atoms with Gasteiger partial charge < -0.3 is 10.1 Å². The molecular formula is C29H10F33N3O5. The van der Waals surface area contributed by atoms with Crippen LogP contribution in [-0.4, -0.2) is 120 Å². The topological polar surface area (TPSA) is 114 Å². The predicted molar refractivity (Wildman–Crippen MR) is 150 cm³/mol. The van der Waals surface area contributed by atoms with E-state index in [1.54, 1.807) is 0 Å². The third kappa shape index (κ3) is 8.07. The fourth-order valence-corrected chi connectivity index (χ4v) is 4.80. The number of amides is 1. The summed E-state index contributed by atoms with van der Waals surface area (Å²) >= 11 is 0. The predicted octanol–water partition coefficient (Wildman–Crippen LogP) is 11.7. The van der Waals surface area contributed by atoms with Crippen molar-refractivity contribution < 1.29 is 169 Å². The Balaban J connectivity index is 4.33. The van der Waals surface area contributed by atoms with Crippen molar-refractivity contribution in [2.75, 3.05) is 6.73 Å². The summed E-state index contributed by atoms with van der Waals surface area (Å²) in [6, 6.07) is -0.548. The van der Waals surface area contributed by atoms with Crippen molar-refractivity contribution in [2.24, 2.45) is 9.98 Å². The van der Waals surface area contributed by atoms with Gasteiger partial charge in [0.25, 0.3) is 5.91 Å². The van der Waals surface area contributed by atoms with E-state index in [0.717, 1.165) is 5.32 Å². The van der Waals surface area contributed by atoms with Crippen molar-refractivity contribution in [2.45, 2.75) is 109 Å². The second kappa shape index (κ2) is 17.4. The smallest absolute Gasteiger partial charge is 0.445 e. The monoisotopic (exact) mass is 1110 g/mol. The fraction of sp³-hybridized carbons (Fsp3) is 0.655. The van der Waals surface area contributed by atoms with Gasteiger partial charge in [0.2, 0.25) is 12.2 Å². The van der Waals surface area contributed by atoms with Crippen molar-refractivity contribution in [3.05, 3.63) is 22.8 Å². The summed E-state index contributed by atoms with van der Waals surface area (Å²) in [6.07, 6.45) is -7.87. The van der Waals surface area contributed by atoms with Crippen LogP contribution in [0, 0.1) is 6.92 Å². The molecule has 0 aliphatic carbocycles. The molecule has 1 amide bonds. The van der Waals surface area contributed by atoms with Crippen molar-refractivity contribution in [3.63, 3.8) is 0 Å². The van der Waals surface area contributed by atoms with Crippen molar-refractivity contribution in [1.82, 2.24) is 5.32 Å². The Bertz CT molecular complexity index is 2290. The second-order valence-electron chi connectivity index (χ2n) is 13.1. The Morgan fingerprint density at radius 1 is 0.471 bits per heavy atom. The molecule has 0 unspecified atom stereocenters. The second-order valence-corrected chi connectivity index (χ2v) is 13.1. The highest BCUT2D eigenvalue weighted by Gasteiger charge is 3.02. The Hall–Kier alpha value is -5.39. The molecule has 0 radical (unpaired) electrons. The number of alkyl halides is 33. The number of nitrogens with one attached hydrogen (secondary N) is 1. The summed E-state index contributed by atoms with van der Waals surface area (Å²) in [5.41, 5.74) is -11.9. The quantitative estimate of drug-likeness (QED) is 0.0459. The van der Waals surface area contributed by atoms with Crippen LogP contribution in [-0.2, 0) is 25.0 Å². The van der Waals surface area contributed by atoms with Gasteiger partial charge in [-0.25, -0.2) is 9.59 Å². The molecule has 402 valence electrons. The number of rotatable bonds is 20. The number of nitrogens with zero attached hydrogens (tertiary/aromatic N) is 2. The first-order chi connectivity index (χ1) is 30.4. The van der Waals surface area contributed by atoms with Crippen LogP contribution < -0.4 is 5.32 Å². The lowest BCUT2D eigenvalue weighted by molar-refractivity contribution is -0.491. The van der Waals surface area contributed by atoms with Crippen LogP contribution in [0.5, 0.6) is 0 Å². The van der Waals surface area contributed by atoms with Gasteiger partial charge >= 0.3 is 101 Å². The van der Waals surface area contributed by atoms with Gasteiger partial charge in [-0.2, -0.15) is 155 Å². The van der Waals surface area contributed by atoms with Crippen LogP contribution in [0.2, 0.25) is 0 Å². The molecular weight excluding hydrogens is 1100 g/mol. The summed E-state index contributed by atoms with van der Waals surface area (Å²) in [5.74, 6) is -151. The normalized spacial score (nSPS) is 15.2. The van der Waals surface area contributed by atoms with Gasteiger partial charge in [-0.15, -0.1) is 0 Å². The van der Waals surface area contributed by atoms with E-state index >= 15 is 17.6 Å². The van der Waals surface area contributed by atoms with E-state index < -0.39 is 148 Å². The number of hydrogen-bond donors (Lipinski definition) is 1. The molecule has 1 aromatic rings. The number of esters is 1. The summed E-state index contributed by atoms with van der Waals surface area (Å²) in [6.45, 7) is -1.13. The number of carbonyl (C=O) groups excluding carboxylic acids is 4. The molecule has 0 aromatic heterocycles. The van der Waals surface area contributed by atoms with Crippen molar-refractivity contribution in [1.29, 1.82) is 0 Å². The molecule has 0 aliphatic rings. The molecule has 8 nitrogen and oxygen atoms in total. The zero-order valence-electron chi connectivity index (χ0n) is 31.7. The molecule has 0 heterocycles. The van der Waals surface area contributed by atoms with Gasteiger partial charge in [-0.1, -0.05) is 0 Å². The zero-order chi connectivity index (χ0) is 56.7. The SMILES string of the molecule is CC(=O)OCNC(=O)c1cc(N=C=O)c(C)c(N=C=O)c1C(F)(F)C(F)(F)C(F)(F)C(F)(F)C(F)(F)C(F)(F)C(F)(F)C(F)(F)C(F)(F)C(F)(F)C(F)(F)C(F)(F)C(F)(F)C(F)(F)C(F)(F)C(F)(F)F. The summed E-state index contributed by atoms with van der Waals surface area (Å²) in [7, 11) is 0. The van der Waals surface area contributed by atoms with E-state index in [2.05, 4.69) is 14.7 Å². The first-order valence-electron chi connectivity index (χ1n) is 15.9. The van der Waals surface area contributed by atoms with Gasteiger partial charge in [-0.3, -0.25) is 9.59 Å². The minimum Gasteiger partial charge on any atom is -0.445 e. The molecule has 1 N–H and O–H groups in total. The largest absolute Gasteiger partial charge is 0.460 e. The molecule has 0 aliphatic heterocycles. The van der Waals surface area contributed by atoms with Crippen LogP contribution in [0.3, 0.4) is 0 Å². The molecule has 0 fully saturated rings. The van der Waals surface area contributed by atoms with Gasteiger partial charge in [0.05, 0.1) is 22.5 Å². The van der Waals surface area contributed by atoms with E-state index in [4.69, 9.17) is 0 Å². The lowest BCUT2D eigenvalue weighted by atomic mass is 9.81. The first-order valence-corrected chi connectivity index (χ1v) is 15.9. The summed E-state index contributed by atoms with van der Waals surface area (Å²) in [4.78, 5) is 49.9. The highest BCUT2D eigenvalue weighted by Crippen LogP contribution is 2.70. The maximum absolute atomic E-state index is 15.7. The summed E-state index contributed by atoms with van der Waals surface area (Å²) in [5, 5.41) is 1.07. The minimum absolute atomic E-state index is 0.0932. The van der Waals surface area contributed by atoms with Crippen molar-refractivity contribution >= 4 is 35.4 Å². The van der Waals surface area contributed by atoms with E-state index in [0.29, 0.717) is 13.0 Å². The minimum atomic E-state index is -10.4. The van der Waals surface area contributed by atoms with Gasteiger partial charge in [-0.05, 0) is 13.0 Å². The molecule has 0 atom stereocenters. The third-order valence-electron chi connectivity index (χ3n) is 8.79. The Morgan fingerprint density at radius 2 is 0.743 bits per heavy atom. The lowest BCUT2D eigenvalue weighted by Gasteiger charge is -2.47. The fourth-order valence-electron chi connectivity index (χ4n) is 4.80. The zero-order valence-corrected chi connectivity index (χ0v) is 31.7. The number of isocyanates is 2. The Kier molecular flexibility index (Phi) is 15.6. The van der Waals surface area contributed by atoms with E-state index in [-0.39, 0.29) is 13.0 Å². The molecule has 0 bridgehead atoms. The Morgan fingerprint density at radius 3 is 1.00 bits per heavy atom. The number of aliphatic imine (C=N–C) groups is 2. The van der Waals surface area contributed by atoms with E-state index in [1.165, 1.54) is 0 Å². The van der Waals surface area contributed by atoms with E-state index in [1.807, 2.05) is 0 Å². The third-order valence-corrected chi connectivity index (χ3v) is 8.79. The standard InChI is InChI=1S/C29H10F33N3O5/c1-7-10(63-4-66)3-9(13(69)65-6-70-8(2)68)11(12(7)64-5-67)14(30,31)15(32,33)16(34,35)17(36,37)18(38,39)19(40,41)20(42,43)21(44,45)22(46,47)23(48,49)24(50,51)25(52,53)26(54,55)27(56,57)28(58,59)29(60,61)62/h3H,6H2,1-2H3,(H,65,69). The maximum atomic E-state index is 15.7. The number of halogens is 33. The average Bonchev–Trinajstić information content (AvgIpc) is 3.17. The average molecular weight is 1110 g/mol. The van der Waals surface area contributed by atoms with Crippen LogP contribution in [0.4, 0.5) is 156 Å². The molecule has 1 aromatic carbocycles. The highest BCUT2D eigenvalue weighted by molar-refractivity contribution is 5.99. The highest BCUT2D eigenvalue weighted by atomic mass is 19.4. The van der Waals surface area contributed by atoms with E-state index in [9.17, 15) is 147 Å². The Labute approximate surface area is 358 Å². The molecule has 41 heteroatoms. The van der Waals surface area contributed by atoms with Crippen molar-refractivity contribution in [3.8, 4) is 0 Å². The van der Waals surface area contributed by atoms with Gasteiger partial charge in [0.15, 0.2) is 6.73 Å². The molecule has 0 saturated heterocycles. The molecule has 0 saturated carbocycles. The van der Waals surface area contributed by atoms with Crippen LogP contribution in [0.1, 0.15) is 28.4 Å². The molecule has 1 rings (SSSR count). The number of carbonyl (C=O) groups is 2.